The van der Waals surface area contributed by atoms with Crippen LogP contribution in [0.5, 0.6) is 0 Å². The van der Waals surface area contributed by atoms with E-state index in [4.69, 9.17) is 0 Å². The second-order valence-corrected chi connectivity index (χ2v) is 6.06. The van der Waals surface area contributed by atoms with Crippen molar-refractivity contribution in [1.82, 2.24) is 14.8 Å². The zero-order chi connectivity index (χ0) is 14.5. The minimum atomic E-state index is 0.647. The molecule has 21 heavy (non-hydrogen) atoms. The van der Waals surface area contributed by atoms with Crippen molar-refractivity contribution in [2.45, 2.75) is 51.6 Å². The van der Waals surface area contributed by atoms with Crippen molar-refractivity contribution in [3.05, 3.63) is 42.5 Å². The van der Waals surface area contributed by atoms with E-state index in [0.29, 0.717) is 6.04 Å². The van der Waals surface area contributed by atoms with Crippen molar-refractivity contribution in [2.75, 3.05) is 5.32 Å². The van der Waals surface area contributed by atoms with Crippen molar-refractivity contribution in [1.29, 1.82) is 0 Å². The van der Waals surface area contributed by atoms with Gasteiger partial charge in [0.15, 0.2) is 0 Å². The lowest BCUT2D eigenvalue weighted by molar-refractivity contribution is 0.330. The molecule has 1 aromatic heterocycles. The van der Waals surface area contributed by atoms with E-state index in [1.807, 2.05) is 4.68 Å². The molecular weight excluding hydrogens is 260 g/mol. The van der Waals surface area contributed by atoms with Gasteiger partial charge in [-0.05, 0) is 49.3 Å². The zero-order valence-corrected chi connectivity index (χ0v) is 12.7. The normalized spacial score (nSPS) is 22.1. The second-order valence-electron chi connectivity index (χ2n) is 6.06. The van der Waals surface area contributed by atoms with Gasteiger partial charge < -0.3 is 5.32 Å². The molecule has 0 aliphatic heterocycles. The molecule has 1 N–H and O–H groups in total. The first-order valence-electron chi connectivity index (χ1n) is 8.01. The molecule has 1 aliphatic rings. The molecule has 1 heterocycles. The summed E-state index contributed by atoms with van der Waals surface area (Å²) in [5.74, 6) is 0.952. The van der Waals surface area contributed by atoms with Crippen LogP contribution in [0.25, 0.3) is 0 Å². The van der Waals surface area contributed by atoms with E-state index in [0.717, 1.165) is 12.5 Å². The first-order valence-corrected chi connectivity index (χ1v) is 8.01. The number of benzene rings is 1. The highest BCUT2D eigenvalue weighted by Gasteiger charge is 2.19. The molecule has 1 saturated carbocycles. The second kappa shape index (κ2) is 6.74. The lowest BCUT2D eigenvalue weighted by atomic mass is 9.84. The summed E-state index contributed by atoms with van der Waals surface area (Å²) in [6.07, 6.45) is 10.0. The van der Waals surface area contributed by atoms with Gasteiger partial charge in [0.2, 0.25) is 0 Å². The first kappa shape index (κ1) is 14.1. The lowest BCUT2D eigenvalue weighted by Gasteiger charge is -2.29. The SMILES string of the molecule is CCC1CCC(Nc2ccc(Cn3cncn3)cc2)CC1. The summed E-state index contributed by atoms with van der Waals surface area (Å²) in [5.41, 5.74) is 2.48. The number of nitrogens with zero attached hydrogens (tertiary/aromatic N) is 3. The third kappa shape index (κ3) is 3.84. The number of aromatic nitrogens is 3. The molecule has 4 heteroatoms. The highest BCUT2D eigenvalue weighted by atomic mass is 15.3. The average molecular weight is 284 g/mol. The van der Waals surface area contributed by atoms with Gasteiger partial charge in [-0.15, -0.1) is 0 Å². The summed E-state index contributed by atoms with van der Waals surface area (Å²) in [7, 11) is 0. The van der Waals surface area contributed by atoms with Crippen LogP contribution in [0.4, 0.5) is 5.69 Å². The Morgan fingerprint density at radius 3 is 2.52 bits per heavy atom. The fraction of sp³-hybridized carbons (Fsp3) is 0.529. The smallest absolute Gasteiger partial charge is 0.137 e. The van der Waals surface area contributed by atoms with Crippen LogP contribution in [0.2, 0.25) is 0 Å². The molecule has 2 aromatic rings. The summed E-state index contributed by atoms with van der Waals surface area (Å²) in [4.78, 5) is 3.97. The predicted molar refractivity (Wildman–Crippen MR) is 85.2 cm³/mol. The van der Waals surface area contributed by atoms with Crippen LogP contribution in [0.3, 0.4) is 0 Å². The van der Waals surface area contributed by atoms with Gasteiger partial charge in [0, 0.05) is 11.7 Å². The monoisotopic (exact) mass is 284 g/mol. The Hall–Kier alpha value is -1.84. The van der Waals surface area contributed by atoms with E-state index in [9.17, 15) is 0 Å². The molecule has 0 unspecified atom stereocenters. The van der Waals surface area contributed by atoms with Gasteiger partial charge in [-0.25, -0.2) is 9.67 Å². The van der Waals surface area contributed by atoms with Crippen LogP contribution in [0.15, 0.2) is 36.9 Å². The molecule has 1 fully saturated rings. The average Bonchev–Trinajstić information content (AvgIpc) is 3.03. The molecule has 0 saturated heterocycles. The lowest BCUT2D eigenvalue weighted by Crippen LogP contribution is -2.25. The third-order valence-electron chi connectivity index (χ3n) is 4.56. The van der Waals surface area contributed by atoms with Gasteiger partial charge in [0.25, 0.3) is 0 Å². The van der Waals surface area contributed by atoms with E-state index < -0.39 is 0 Å². The van der Waals surface area contributed by atoms with E-state index in [-0.39, 0.29) is 0 Å². The molecule has 0 atom stereocenters. The molecule has 112 valence electrons. The summed E-state index contributed by atoms with van der Waals surface area (Å²) >= 11 is 0. The Bertz CT molecular complexity index is 524. The molecule has 0 spiro atoms. The molecular formula is C17H24N4. The Labute approximate surface area is 126 Å². The van der Waals surface area contributed by atoms with Gasteiger partial charge in [-0.2, -0.15) is 5.10 Å². The molecule has 1 aliphatic carbocycles. The summed E-state index contributed by atoms with van der Waals surface area (Å²) in [5, 5.41) is 7.81. The Balaban J connectivity index is 1.53. The van der Waals surface area contributed by atoms with Gasteiger partial charge in [-0.1, -0.05) is 25.5 Å². The number of nitrogens with one attached hydrogen (secondary N) is 1. The van der Waals surface area contributed by atoms with Gasteiger partial charge in [0.05, 0.1) is 6.54 Å². The zero-order valence-electron chi connectivity index (χ0n) is 12.7. The molecule has 0 radical (unpaired) electrons. The van der Waals surface area contributed by atoms with Crippen LogP contribution in [0.1, 0.15) is 44.6 Å². The fourth-order valence-electron chi connectivity index (χ4n) is 3.16. The topological polar surface area (TPSA) is 42.7 Å². The number of hydrogen-bond acceptors (Lipinski definition) is 3. The van der Waals surface area contributed by atoms with Crippen molar-refractivity contribution in [3.63, 3.8) is 0 Å². The summed E-state index contributed by atoms with van der Waals surface area (Å²) in [6.45, 7) is 3.09. The van der Waals surface area contributed by atoms with Crippen LogP contribution in [0, 0.1) is 5.92 Å². The Morgan fingerprint density at radius 1 is 1.14 bits per heavy atom. The van der Waals surface area contributed by atoms with E-state index in [1.165, 1.54) is 43.4 Å². The van der Waals surface area contributed by atoms with Gasteiger partial charge >= 0.3 is 0 Å². The van der Waals surface area contributed by atoms with Crippen molar-refractivity contribution < 1.29 is 0 Å². The van der Waals surface area contributed by atoms with Crippen molar-refractivity contribution >= 4 is 5.69 Å². The largest absolute Gasteiger partial charge is 0.382 e. The molecule has 0 bridgehead atoms. The van der Waals surface area contributed by atoms with E-state index in [1.54, 1.807) is 12.7 Å². The van der Waals surface area contributed by atoms with E-state index >= 15 is 0 Å². The minimum Gasteiger partial charge on any atom is -0.382 e. The van der Waals surface area contributed by atoms with Gasteiger partial charge in [-0.3, -0.25) is 0 Å². The third-order valence-corrected chi connectivity index (χ3v) is 4.56. The Morgan fingerprint density at radius 2 is 1.90 bits per heavy atom. The van der Waals surface area contributed by atoms with Crippen LogP contribution < -0.4 is 5.32 Å². The number of rotatable bonds is 5. The molecule has 3 rings (SSSR count). The highest BCUT2D eigenvalue weighted by molar-refractivity contribution is 5.45. The van der Waals surface area contributed by atoms with Crippen LogP contribution >= 0.6 is 0 Å². The maximum atomic E-state index is 4.13. The first-order chi connectivity index (χ1) is 10.3. The quantitative estimate of drug-likeness (QED) is 0.910. The molecule has 0 amide bonds. The van der Waals surface area contributed by atoms with Crippen molar-refractivity contribution in [3.8, 4) is 0 Å². The fourth-order valence-corrected chi connectivity index (χ4v) is 3.16. The summed E-state index contributed by atoms with van der Waals surface area (Å²) < 4.78 is 1.84. The maximum absolute atomic E-state index is 4.13. The molecule has 1 aromatic carbocycles. The summed E-state index contributed by atoms with van der Waals surface area (Å²) in [6, 6.07) is 9.34. The van der Waals surface area contributed by atoms with Crippen LogP contribution in [-0.2, 0) is 6.54 Å². The molecule has 4 nitrogen and oxygen atoms in total. The number of anilines is 1. The standard InChI is InChI=1S/C17H24N4/c1-2-14-3-7-16(8-4-14)20-17-9-5-15(6-10-17)11-21-13-18-12-19-21/h5-6,9-10,12-14,16,20H,2-4,7-8,11H2,1H3. The number of hydrogen-bond donors (Lipinski definition) is 1. The Kier molecular flexibility index (Phi) is 4.53. The van der Waals surface area contributed by atoms with Crippen LogP contribution in [-0.4, -0.2) is 20.8 Å². The predicted octanol–water partition coefficient (Wildman–Crippen LogP) is 3.71. The highest BCUT2D eigenvalue weighted by Crippen LogP contribution is 2.28. The minimum absolute atomic E-state index is 0.647. The van der Waals surface area contributed by atoms with E-state index in [2.05, 4.69) is 46.6 Å². The maximum Gasteiger partial charge on any atom is 0.137 e. The van der Waals surface area contributed by atoms with Gasteiger partial charge in [0.1, 0.15) is 12.7 Å². The van der Waals surface area contributed by atoms with Crippen molar-refractivity contribution in [2.24, 2.45) is 5.92 Å².